The third kappa shape index (κ3) is 11.8. The van der Waals surface area contributed by atoms with E-state index in [9.17, 15) is 19.8 Å². The maximum absolute atomic E-state index is 14.5. The van der Waals surface area contributed by atoms with Crippen LogP contribution in [0.1, 0.15) is 108 Å². The van der Waals surface area contributed by atoms with Crippen LogP contribution in [0.4, 0.5) is 23.0 Å². The van der Waals surface area contributed by atoms with Crippen molar-refractivity contribution in [1.82, 2.24) is 40.4 Å². The van der Waals surface area contributed by atoms with Gasteiger partial charge in [-0.25, -0.2) is 9.97 Å². The molecule has 19 nitrogen and oxygen atoms in total. The van der Waals surface area contributed by atoms with Crippen LogP contribution >= 0.6 is 11.3 Å². The van der Waals surface area contributed by atoms with E-state index in [1.54, 1.807) is 28.4 Å². The average molecular weight is 1120 g/mol. The number of aromatic nitrogens is 5. The number of phenols is 1. The molecule has 1 saturated carbocycles. The fourth-order valence-corrected chi connectivity index (χ4v) is 14.3. The molecule has 0 spiro atoms. The number of hydrogen-bond donors (Lipinski definition) is 4. The highest BCUT2D eigenvalue weighted by atomic mass is 32.1. The van der Waals surface area contributed by atoms with E-state index >= 15 is 0 Å². The van der Waals surface area contributed by atoms with E-state index in [0.717, 1.165) is 136 Å². The summed E-state index contributed by atoms with van der Waals surface area (Å²) in [7, 11) is 0. The fraction of sp³-hybridized carbons (Fsp3) is 0.525. The van der Waals surface area contributed by atoms with Crippen LogP contribution in [0.2, 0.25) is 0 Å². The maximum atomic E-state index is 14.5. The van der Waals surface area contributed by atoms with Crippen molar-refractivity contribution >= 4 is 46.2 Å². The lowest BCUT2D eigenvalue weighted by Crippen LogP contribution is -2.54. The SMILES string of the molecule is Cc1ncsc1-c1ccc([C@H](C)NC(=O)[C@@H]2C[C@@H](O)CN2C(=O)[C@@H](c2cc(N3CCCC(CN4CCC(OC5CC(Oc6cc(N7C8CCC7CN(c7cc(-c9ccccc9O)nnc7N)C8)ccn6)C5)CC4)C3)no2)C(C)C)cc1. The molecule has 428 valence electrons. The number of piperidine rings is 2. The normalized spacial score (nSPS) is 25.0. The Morgan fingerprint density at radius 2 is 1.63 bits per heavy atom. The number of para-hydroxylation sites is 1. The topological polar surface area (TPSA) is 225 Å². The van der Waals surface area contributed by atoms with E-state index in [1.165, 1.54) is 0 Å². The van der Waals surface area contributed by atoms with Crippen molar-refractivity contribution in [1.29, 1.82) is 0 Å². The second-order valence-corrected chi connectivity index (χ2v) is 24.7. The molecule has 5 aliphatic heterocycles. The molecule has 6 aliphatic rings. The van der Waals surface area contributed by atoms with Crippen LogP contribution in [0, 0.1) is 18.8 Å². The largest absolute Gasteiger partial charge is 0.507 e. The number of aromatic hydroxyl groups is 1. The van der Waals surface area contributed by atoms with E-state index in [4.69, 9.17) is 19.7 Å². The number of anilines is 4. The lowest BCUT2D eigenvalue weighted by atomic mass is 9.91. The van der Waals surface area contributed by atoms with Gasteiger partial charge in [0.25, 0.3) is 0 Å². The van der Waals surface area contributed by atoms with Gasteiger partial charge in [-0.1, -0.05) is 55.4 Å². The monoisotopic (exact) mass is 1120 g/mol. The molecule has 81 heavy (non-hydrogen) atoms. The first-order valence-corrected chi connectivity index (χ1v) is 30.1. The summed E-state index contributed by atoms with van der Waals surface area (Å²) >= 11 is 1.60. The smallest absolute Gasteiger partial charge is 0.243 e. The lowest BCUT2D eigenvalue weighted by molar-refractivity contribution is -0.141. The zero-order valence-corrected chi connectivity index (χ0v) is 47.7. The Bertz CT molecular complexity index is 3150. The number of amides is 2. The molecule has 3 unspecified atom stereocenters. The first kappa shape index (κ1) is 54.7. The number of hydrogen-bond acceptors (Lipinski definition) is 18. The number of fused-ring (bicyclic) bond motifs is 2. The van der Waals surface area contributed by atoms with Gasteiger partial charge in [-0.2, -0.15) is 0 Å². The minimum Gasteiger partial charge on any atom is -0.507 e. The van der Waals surface area contributed by atoms with Crippen molar-refractivity contribution in [2.75, 3.05) is 72.8 Å². The molecule has 6 fully saturated rings. The molecule has 5 N–H and O–H groups in total. The van der Waals surface area contributed by atoms with Crippen molar-refractivity contribution < 1.29 is 33.8 Å². The van der Waals surface area contributed by atoms with Crippen molar-refractivity contribution in [3.05, 3.63) is 102 Å². The molecule has 2 bridgehead atoms. The van der Waals surface area contributed by atoms with Gasteiger partial charge in [0.1, 0.15) is 23.8 Å². The van der Waals surface area contributed by atoms with Crippen molar-refractivity contribution in [3.63, 3.8) is 0 Å². The highest BCUT2D eigenvalue weighted by molar-refractivity contribution is 7.13. The lowest BCUT2D eigenvalue weighted by Gasteiger charge is -2.43. The molecule has 0 radical (unpaired) electrons. The number of β-amino-alcohol motifs (C(OH)–C–C–N with tert-alkyl or cyclic N) is 1. The molecular formula is C61H76N12O7S. The fourth-order valence-electron chi connectivity index (χ4n) is 13.5. The highest BCUT2D eigenvalue weighted by Gasteiger charge is 2.45. The summed E-state index contributed by atoms with van der Waals surface area (Å²) in [5.74, 6) is 1.58. The van der Waals surface area contributed by atoms with Crippen LogP contribution in [-0.4, -0.2) is 152 Å². The predicted octanol–water partition coefficient (Wildman–Crippen LogP) is 7.99. The molecule has 5 saturated heterocycles. The summed E-state index contributed by atoms with van der Waals surface area (Å²) in [5, 5.41) is 37.5. The molecule has 2 amide bonds. The van der Waals surface area contributed by atoms with E-state index in [-0.39, 0.29) is 60.8 Å². The molecule has 7 atom stereocenters. The Morgan fingerprint density at radius 3 is 2.37 bits per heavy atom. The molecule has 20 heteroatoms. The van der Waals surface area contributed by atoms with Gasteiger partial charge >= 0.3 is 0 Å². The maximum Gasteiger partial charge on any atom is 0.243 e. The summed E-state index contributed by atoms with van der Waals surface area (Å²) in [5.41, 5.74) is 14.5. The molecule has 4 aromatic heterocycles. The van der Waals surface area contributed by atoms with Gasteiger partial charge in [0.05, 0.1) is 51.8 Å². The standard InChI is InChI=1S/C61H76N12O7S/c1-36(2)57(61(77)72-34-45(74)25-52(72)60(76)65-37(3)40-11-13-41(14-12-40)58-38(4)64-35-81-58)54-29-55(68-80-54)70-21-7-8-39(31-70)30-69-22-18-46(19-23-69)78-47-26-48(27-47)79-56-24-42(17-20-63-56)73-43-15-16-44(73)33-71(32-43)51-28-50(66-67-59(51)62)49-9-5-6-10-53(49)75/h5-6,9-14,17,20,24,28-29,35-37,39,43-48,52,57,74-75H,7-8,15-16,18-19,21-23,25-27,30-34H2,1-4H3,(H2,62,67)(H,65,76)/t37-,39?,43?,44?,45+,47?,48?,52-,57+/m0/s1. The highest BCUT2D eigenvalue weighted by Crippen LogP contribution is 2.41. The molecule has 9 heterocycles. The Labute approximate surface area is 477 Å². The summed E-state index contributed by atoms with van der Waals surface area (Å²) in [4.78, 5) is 49.7. The number of rotatable bonds is 17. The number of phenolic OH excluding ortho intramolecular Hbond substituents is 1. The van der Waals surface area contributed by atoms with Crippen LogP contribution in [-0.2, 0) is 14.3 Å². The summed E-state index contributed by atoms with van der Waals surface area (Å²) in [6.07, 6.45) is 9.81. The first-order chi connectivity index (χ1) is 39.3. The quantitative estimate of drug-likeness (QED) is 0.0679. The number of aliphatic hydroxyl groups excluding tert-OH is 1. The molecule has 1 aliphatic carbocycles. The van der Waals surface area contributed by atoms with Gasteiger partial charge in [0.2, 0.25) is 17.7 Å². The van der Waals surface area contributed by atoms with Gasteiger partial charge in [0, 0.05) is 113 Å². The van der Waals surface area contributed by atoms with Crippen molar-refractivity contribution in [2.24, 2.45) is 11.8 Å². The third-order valence-corrected chi connectivity index (χ3v) is 18.8. The van der Waals surface area contributed by atoms with E-state index in [1.807, 2.05) is 87.9 Å². The number of pyridine rings is 1. The summed E-state index contributed by atoms with van der Waals surface area (Å²) in [6.45, 7) is 14.3. The van der Waals surface area contributed by atoms with Crippen molar-refractivity contribution in [3.8, 4) is 33.3 Å². The molecular weight excluding hydrogens is 1040 g/mol. The number of carbonyl (C=O) groups excluding carboxylic acids is 2. The average Bonchev–Trinajstić information content (AvgIpc) is 4.31. The van der Waals surface area contributed by atoms with Crippen LogP contribution in [0.5, 0.6) is 11.6 Å². The summed E-state index contributed by atoms with van der Waals surface area (Å²) in [6, 6.07) is 22.8. The van der Waals surface area contributed by atoms with Gasteiger partial charge in [-0.05, 0) is 99.6 Å². The number of carbonyl (C=O) groups is 2. The molecule has 2 aromatic carbocycles. The van der Waals surface area contributed by atoms with E-state index in [0.29, 0.717) is 46.7 Å². The minimum absolute atomic E-state index is 0.0766. The Balaban J connectivity index is 0.582. The number of nitrogens with two attached hydrogens (primary N) is 1. The number of likely N-dealkylation sites (tertiary alicyclic amines) is 2. The number of piperazine rings is 1. The Hall–Kier alpha value is -6.87. The van der Waals surface area contributed by atoms with E-state index < -0.39 is 18.1 Å². The number of thiazole rings is 1. The number of aryl methyl sites for hydroxylation is 1. The number of nitrogens with one attached hydrogen (secondary N) is 1. The number of nitrogen functional groups attached to an aromatic ring is 1. The number of ether oxygens (including phenoxy) is 2. The second-order valence-electron chi connectivity index (χ2n) is 23.8. The van der Waals surface area contributed by atoms with Crippen LogP contribution < -0.4 is 30.5 Å². The van der Waals surface area contributed by atoms with Crippen LogP contribution in [0.3, 0.4) is 0 Å². The van der Waals surface area contributed by atoms with Crippen molar-refractivity contribution in [2.45, 2.75) is 140 Å². The number of benzene rings is 2. The minimum atomic E-state index is -0.807. The van der Waals surface area contributed by atoms with Gasteiger partial charge in [-0.15, -0.1) is 21.5 Å². The molecule has 12 rings (SSSR count). The first-order valence-electron chi connectivity index (χ1n) is 29.2. The Morgan fingerprint density at radius 1 is 0.852 bits per heavy atom. The van der Waals surface area contributed by atoms with Crippen LogP contribution in [0.15, 0.2) is 89.0 Å². The number of nitrogens with zero attached hydrogens (tertiary/aromatic N) is 10. The Kier molecular flexibility index (Phi) is 15.9. The zero-order valence-electron chi connectivity index (χ0n) is 46.8. The summed E-state index contributed by atoms with van der Waals surface area (Å²) < 4.78 is 19.1. The number of aliphatic hydroxyl groups is 1. The van der Waals surface area contributed by atoms with Crippen LogP contribution in [0.25, 0.3) is 21.7 Å². The second kappa shape index (κ2) is 23.5. The van der Waals surface area contributed by atoms with E-state index in [2.05, 4.69) is 62.4 Å². The van der Waals surface area contributed by atoms with Gasteiger partial charge in [0.15, 0.2) is 17.4 Å². The van der Waals surface area contributed by atoms with Gasteiger partial charge in [-0.3, -0.25) is 9.59 Å². The zero-order chi connectivity index (χ0) is 55.9. The molecule has 6 aromatic rings. The predicted molar refractivity (Wildman–Crippen MR) is 311 cm³/mol. The third-order valence-electron chi connectivity index (χ3n) is 17.8. The van der Waals surface area contributed by atoms with Gasteiger partial charge < -0.3 is 59.8 Å².